The maximum Gasteiger partial charge on any atom is 0.308 e. The standard InChI is InChI=1S/C58H82O17/c1-25-14-32-8-10-36-26(2)15-34(62-36)12-13-56-23-44-52(74-56)53-54(68-44)55(75-56)51-37(66-53)11-9-33(64-51)16-46(60)69-50-30(6)49-41(65-40(50)18-38(63-32)29(25)5)19-39-43(67-49)22-58(70-39)24-45-48(73-58)28(4)21-57(72-45)20-27(3)47-42(71-57)17-35(59)31(7)61-47/h25,27-28,30-45,47-55,59H,2,5,8-24H2,1,3-4,6-7H3. The van der Waals surface area contributed by atoms with Crippen LogP contribution in [0, 0.1) is 23.7 Å². The van der Waals surface area contributed by atoms with Gasteiger partial charge in [-0.1, -0.05) is 40.9 Å². The van der Waals surface area contributed by atoms with Crippen molar-refractivity contribution < 1.29 is 81.0 Å². The minimum absolute atomic E-state index is 0.00419. The van der Waals surface area contributed by atoms with Crippen molar-refractivity contribution >= 4 is 5.97 Å². The molecule has 0 saturated carbocycles. The first-order valence-corrected chi connectivity index (χ1v) is 29.6. The number of fused-ring (bicyclic) bond motifs is 10. The summed E-state index contributed by atoms with van der Waals surface area (Å²) in [7, 11) is 0. The monoisotopic (exact) mass is 1050 g/mol. The van der Waals surface area contributed by atoms with Crippen LogP contribution in [0.3, 0.4) is 0 Å². The molecule has 17 heteroatoms. The van der Waals surface area contributed by atoms with Gasteiger partial charge in [0.25, 0.3) is 0 Å². The zero-order chi connectivity index (χ0) is 51.0. The van der Waals surface area contributed by atoms with Gasteiger partial charge in [-0.15, -0.1) is 0 Å². The molecule has 16 rings (SSSR count). The predicted molar refractivity (Wildman–Crippen MR) is 262 cm³/mol. The van der Waals surface area contributed by atoms with Crippen molar-refractivity contribution in [2.45, 2.75) is 308 Å². The molecule has 0 aromatic heterocycles. The fourth-order valence-electron chi connectivity index (χ4n) is 17.7. The normalized spacial score (nSPS) is 59.9. The minimum Gasteiger partial charge on any atom is -0.459 e. The van der Waals surface area contributed by atoms with E-state index in [1.165, 1.54) is 0 Å². The van der Waals surface area contributed by atoms with E-state index in [4.69, 9.17) is 71.1 Å². The van der Waals surface area contributed by atoms with Gasteiger partial charge in [0.15, 0.2) is 17.4 Å². The second-order valence-corrected chi connectivity index (χ2v) is 26.6. The first-order valence-electron chi connectivity index (χ1n) is 29.6. The van der Waals surface area contributed by atoms with Gasteiger partial charge in [0.05, 0.1) is 116 Å². The van der Waals surface area contributed by atoms with E-state index in [-0.39, 0.29) is 152 Å². The lowest BCUT2D eigenvalue weighted by molar-refractivity contribution is -0.370. The molecule has 416 valence electrons. The van der Waals surface area contributed by atoms with Crippen molar-refractivity contribution in [1.29, 1.82) is 0 Å². The molecule has 0 aromatic rings. The summed E-state index contributed by atoms with van der Waals surface area (Å²) >= 11 is 0. The molecule has 0 radical (unpaired) electrons. The summed E-state index contributed by atoms with van der Waals surface area (Å²) in [6, 6.07) is 0. The first kappa shape index (κ1) is 50.3. The predicted octanol–water partition coefficient (Wildman–Crippen LogP) is 6.20. The zero-order valence-electron chi connectivity index (χ0n) is 44.6. The maximum atomic E-state index is 14.5. The summed E-state index contributed by atoms with van der Waals surface area (Å²) in [6.45, 7) is 19.9. The Morgan fingerprint density at radius 2 is 1.12 bits per heavy atom. The minimum atomic E-state index is -0.882. The van der Waals surface area contributed by atoms with Crippen LogP contribution in [0.25, 0.3) is 0 Å². The van der Waals surface area contributed by atoms with Crippen LogP contribution >= 0.6 is 0 Å². The molecular weight excluding hydrogens is 969 g/mol. The Kier molecular flexibility index (Phi) is 12.4. The summed E-state index contributed by atoms with van der Waals surface area (Å²) in [5.41, 5.74) is 2.17. The molecule has 1 N–H and O–H groups in total. The summed E-state index contributed by atoms with van der Waals surface area (Å²) in [5, 5.41) is 10.8. The van der Waals surface area contributed by atoms with Crippen LogP contribution in [-0.2, 0) is 75.8 Å². The largest absolute Gasteiger partial charge is 0.459 e. The SMILES string of the molecule is C=C1CC2CCC34CC5OC6C(OC7CCC(CC(=O)OC8C(CC9OC(CCC1O2)CC(C)C9=C)OC1CC2OC9(CC2OC1C8C)CC1OC2(CC(C)C8OC(C)C(O)CC8O2)CC(C)C1O9)OC7C6O3)C5O4. The van der Waals surface area contributed by atoms with Gasteiger partial charge in [0.1, 0.15) is 36.6 Å². The molecule has 3 spiro atoms. The average Bonchev–Trinajstić information content (AvgIpc) is 4.17. The molecule has 0 aliphatic carbocycles. The second-order valence-electron chi connectivity index (χ2n) is 26.6. The van der Waals surface area contributed by atoms with Crippen LogP contribution in [0.2, 0.25) is 0 Å². The quantitative estimate of drug-likeness (QED) is 0.214. The fraction of sp³-hybridized carbons (Fsp3) is 0.914. The molecule has 16 fully saturated rings. The van der Waals surface area contributed by atoms with Gasteiger partial charge < -0.3 is 76.2 Å². The summed E-state index contributed by atoms with van der Waals surface area (Å²) < 4.78 is 103. The number of esters is 1. The van der Waals surface area contributed by atoms with Crippen LogP contribution in [0.5, 0.6) is 0 Å². The number of carbonyl (C=O) groups excluding carboxylic acids is 1. The van der Waals surface area contributed by atoms with Crippen molar-refractivity contribution in [2.75, 3.05) is 0 Å². The Balaban J connectivity index is 0.673. The molecule has 16 aliphatic rings. The van der Waals surface area contributed by atoms with E-state index in [1.807, 2.05) is 6.92 Å². The van der Waals surface area contributed by atoms with Gasteiger partial charge in [-0.2, -0.15) is 0 Å². The van der Waals surface area contributed by atoms with Crippen LogP contribution in [0.1, 0.15) is 144 Å². The van der Waals surface area contributed by atoms with Crippen LogP contribution in [0.4, 0.5) is 0 Å². The Morgan fingerprint density at radius 1 is 0.453 bits per heavy atom. The first-order chi connectivity index (χ1) is 36.1. The molecule has 17 nitrogen and oxygen atoms in total. The van der Waals surface area contributed by atoms with Crippen molar-refractivity contribution in [2.24, 2.45) is 23.7 Å². The van der Waals surface area contributed by atoms with E-state index in [2.05, 4.69) is 40.9 Å². The third-order valence-electron chi connectivity index (χ3n) is 21.4. The molecule has 31 atom stereocenters. The fourth-order valence-corrected chi connectivity index (χ4v) is 17.7. The number of carbonyl (C=O) groups is 1. The van der Waals surface area contributed by atoms with Crippen molar-refractivity contribution in [3.63, 3.8) is 0 Å². The Hall–Kier alpha value is -1.65. The number of hydrogen-bond donors (Lipinski definition) is 1. The van der Waals surface area contributed by atoms with E-state index in [0.29, 0.717) is 57.8 Å². The number of rotatable bonds is 0. The van der Waals surface area contributed by atoms with Gasteiger partial charge in [0.2, 0.25) is 0 Å². The number of aliphatic hydroxyl groups is 1. The molecule has 31 unspecified atom stereocenters. The molecule has 16 saturated heterocycles. The molecule has 16 heterocycles. The smallest absolute Gasteiger partial charge is 0.308 e. The highest BCUT2D eigenvalue weighted by molar-refractivity contribution is 5.70. The van der Waals surface area contributed by atoms with Gasteiger partial charge in [-0.25, -0.2) is 0 Å². The lowest BCUT2D eigenvalue weighted by Gasteiger charge is -2.54. The highest BCUT2D eigenvalue weighted by Gasteiger charge is 2.70. The van der Waals surface area contributed by atoms with Crippen LogP contribution < -0.4 is 0 Å². The summed E-state index contributed by atoms with van der Waals surface area (Å²) in [6.07, 6.45) is 4.80. The summed E-state index contributed by atoms with van der Waals surface area (Å²) in [4.78, 5) is 14.5. The summed E-state index contributed by atoms with van der Waals surface area (Å²) in [5.74, 6) is -2.43. The number of aliphatic hydroxyl groups excluding tert-OH is 1. The lowest BCUT2D eigenvalue weighted by Crippen LogP contribution is -2.62. The van der Waals surface area contributed by atoms with Gasteiger partial charge in [-0.3, -0.25) is 4.79 Å². The highest BCUT2D eigenvalue weighted by Crippen LogP contribution is 2.57. The van der Waals surface area contributed by atoms with Gasteiger partial charge in [0, 0.05) is 63.7 Å². The van der Waals surface area contributed by atoms with Crippen LogP contribution in [0.15, 0.2) is 24.3 Å². The molecular formula is C58H82O17. The lowest BCUT2D eigenvalue weighted by atomic mass is 9.78. The van der Waals surface area contributed by atoms with E-state index in [0.717, 1.165) is 56.1 Å². The molecule has 0 aromatic carbocycles. The Bertz CT molecular complexity index is 2250. The zero-order valence-corrected chi connectivity index (χ0v) is 44.6. The van der Waals surface area contributed by atoms with Crippen molar-refractivity contribution in [1.82, 2.24) is 0 Å². The molecule has 12 bridgehead atoms. The number of ether oxygens (including phenoxy) is 15. The van der Waals surface area contributed by atoms with Crippen molar-refractivity contribution in [3.8, 4) is 0 Å². The van der Waals surface area contributed by atoms with E-state index in [1.54, 1.807) is 0 Å². The molecule has 0 amide bonds. The second kappa shape index (κ2) is 18.4. The van der Waals surface area contributed by atoms with E-state index in [9.17, 15) is 9.90 Å². The topological polar surface area (TPSA) is 176 Å². The molecule has 16 aliphatic heterocycles. The highest BCUT2D eigenvalue weighted by atomic mass is 16.8. The van der Waals surface area contributed by atoms with Gasteiger partial charge in [-0.05, 0) is 80.8 Å². The average molecular weight is 1050 g/mol. The maximum absolute atomic E-state index is 14.5. The number of hydrogen-bond acceptors (Lipinski definition) is 17. The van der Waals surface area contributed by atoms with E-state index < -0.39 is 47.9 Å². The third-order valence-corrected chi connectivity index (χ3v) is 21.4. The molecule has 75 heavy (non-hydrogen) atoms. The van der Waals surface area contributed by atoms with Crippen LogP contribution in [-0.4, -0.2) is 175 Å². The van der Waals surface area contributed by atoms with E-state index >= 15 is 0 Å². The Labute approximate surface area is 441 Å². The van der Waals surface area contributed by atoms with Crippen molar-refractivity contribution in [3.05, 3.63) is 24.3 Å². The Morgan fingerprint density at radius 3 is 1.99 bits per heavy atom. The van der Waals surface area contributed by atoms with Gasteiger partial charge >= 0.3 is 5.97 Å². The third kappa shape index (κ3) is 8.49.